The van der Waals surface area contributed by atoms with Gasteiger partial charge in [0.1, 0.15) is 0 Å². The van der Waals surface area contributed by atoms with Gasteiger partial charge in [-0.1, -0.05) is 42.0 Å². The summed E-state index contributed by atoms with van der Waals surface area (Å²) in [6.45, 7) is 3.76. The van der Waals surface area contributed by atoms with E-state index in [9.17, 15) is 4.79 Å². The van der Waals surface area contributed by atoms with Crippen molar-refractivity contribution in [3.63, 3.8) is 0 Å². The third kappa shape index (κ3) is 3.48. The summed E-state index contributed by atoms with van der Waals surface area (Å²) in [7, 11) is 0. The van der Waals surface area contributed by atoms with Crippen LogP contribution in [0.3, 0.4) is 0 Å². The fourth-order valence-corrected chi connectivity index (χ4v) is 3.55. The van der Waals surface area contributed by atoms with Crippen LogP contribution in [-0.2, 0) is 6.54 Å². The number of aryl methyl sites for hydroxylation is 2. The standard InChI is InChI=1S/C21H24N4O/c1-16-7-9-17(10-8-16)18-11-12-22-19(15-18)5-4-14-25-21(26)24-13-3-2-6-20(24)23-25/h2-3,6-10,13,15,19,22H,4-5,11-12,14H2,1H3. The second-order valence-corrected chi connectivity index (χ2v) is 6.95. The monoisotopic (exact) mass is 348 g/mol. The Morgan fingerprint density at radius 2 is 2.04 bits per heavy atom. The molecule has 0 saturated heterocycles. The lowest BCUT2D eigenvalue weighted by Gasteiger charge is -2.23. The highest BCUT2D eigenvalue weighted by Crippen LogP contribution is 2.23. The Morgan fingerprint density at radius 3 is 2.85 bits per heavy atom. The van der Waals surface area contributed by atoms with Crippen LogP contribution in [0.15, 0.2) is 59.5 Å². The van der Waals surface area contributed by atoms with Gasteiger partial charge < -0.3 is 5.32 Å². The van der Waals surface area contributed by atoms with Gasteiger partial charge in [-0.05, 0) is 56.0 Å². The first-order valence-electron chi connectivity index (χ1n) is 9.26. The molecule has 0 saturated carbocycles. The van der Waals surface area contributed by atoms with Crippen LogP contribution in [0, 0.1) is 6.92 Å². The average Bonchev–Trinajstić information content (AvgIpc) is 2.99. The normalized spacial score (nSPS) is 17.4. The summed E-state index contributed by atoms with van der Waals surface area (Å²) in [5.74, 6) is 0. The van der Waals surface area contributed by atoms with E-state index in [-0.39, 0.29) is 5.69 Å². The number of aromatic nitrogens is 3. The van der Waals surface area contributed by atoms with E-state index in [1.165, 1.54) is 16.7 Å². The number of hydrogen-bond donors (Lipinski definition) is 1. The molecule has 0 bridgehead atoms. The lowest BCUT2D eigenvalue weighted by Crippen LogP contribution is -2.32. The molecular weight excluding hydrogens is 324 g/mol. The SMILES string of the molecule is Cc1ccc(C2=CC(CCCn3nc4ccccn4c3=O)NCC2)cc1. The Labute approximate surface area is 153 Å². The Kier molecular flexibility index (Phi) is 4.71. The highest BCUT2D eigenvalue weighted by Gasteiger charge is 2.14. The predicted octanol–water partition coefficient (Wildman–Crippen LogP) is 3.03. The number of rotatable bonds is 5. The van der Waals surface area contributed by atoms with Gasteiger partial charge in [0.15, 0.2) is 5.65 Å². The lowest BCUT2D eigenvalue weighted by molar-refractivity contribution is 0.479. The van der Waals surface area contributed by atoms with Crippen LogP contribution in [0.5, 0.6) is 0 Å². The quantitative estimate of drug-likeness (QED) is 0.771. The van der Waals surface area contributed by atoms with Gasteiger partial charge in [-0.15, -0.1) is 5.10 Å². The molecule has 0 spiro atoms. The van der Waals surface area contributed by atoms with E-state index in [1.54, 1.807) is 15.3 Å². The van der Waals surface area contributed by atoms with Crippen molar-refractivity contribution in [3.8, 4) is 0 Å². The third-order valence-corrected chi connectivity index (χ3v) is 5.00. The summed E-state index contributed by atoms with van der Waals surface area (Å²) in [6.07, 6.45) is 7.08. The molecule has 26 heavy (non-hydrogen) atoms. The first kappa shape index (κ1) is 16.8. The zero-order chi connectivity index (χ0) is 17.9. The molecule has 3 aromatic rings. The van der Waals surface area contributed by atoms with Gasteiger partial charge in [0.2, 0.25) is 0 Å². The maximum absolute atomic E-state index is 12.3. The van der Waals surface area contributed by atoms with Gasteiger partial charge in [-0.3, -0.25) is 4.40 Å². The van der Waals surface area contributed by atoms with E-state index in [0.29, 0.717) is 18.2 Å². The van der Waals surface area contributed by atoms with Gasteiger partial charge in [0.25, 0.3) is 0 Å². The van der Waals surface area contributed by atoms with Gasteiger partial charge in [-0.2, -0.15) is 0 Å². The molecule has 1 atom stereocenters. The fraction of sp³-hybridized carbons (Fsp3) is 0.333. The van der Waals surface area contributed by atoms with Crippen molar-refractivity contribution in [3.05, 3.63) is 76.3 Å². The van der Waals surface area contributed by atoms with Gasteiger partial charge in [-0.25, -0.2) is 9.48 Å². The zero-order valence-corrected chi connectivity index (χ0v) is 15.1. The summed E-state index contributed by atoms with van der Waals surface area (Å²) in [4.78, 5) is 12.3. The van der Waals surface area contributed by atoms with Crippen molar-refractivity contribution in [1.29, 1.82) is 0 Å². The van der Waals surface area contributed by atoms with Gasteiger partial charge in [0, 0.05) is 18.8 Å². The predicted molar refractivity (Wildman–Crippen MR) is 104 cm³/mol. The van der Waals surface area contributed by atoms with Gasteiger partial charge >= 0.3 is 5.69 Å². The third-order valence-electron chi connectivity index (χ3n) is 5.00. The fourth-order valence-electron chi connectivity index (χ4n) is 3.55. The summed E-state index contributed by atoms with van der Waals surface area (Å²) in [5, 5.41) is 7.97. The minimum absolute atomic E-state index is 0.0620. The van der Waals surface area contributed by atoms with Crippen molar-refractivity contribution < 1.29 is 0 Å². The smallest absolute Gasteiger partial charge is 0.310 e. The van der Waals surface area contributed by atoms with Gasteiger partial charge in [0.05, 0.1) is 0 Å². The zero-order valence-electron chi connectivity index (χ0n) is 15.1. The number of fused-ring (bicyclic) bond motifs is 1. The van der Waals surface area contributed by atoms with Crippen LogP contribution in [0.4, 0.5) is 0 Å². The average molecular weight is 348 g/mol. The molecule has 2 aromatic heterocycles. The minimum atomic E-state index is -0.0620. The number of hydrogen-bond acceptors (Lipinski definition) is 3. The molecule has 1 unspecified atom stereocenters. The molecule has 0 radical (unpaired) electrons. The second kappa shape index (κ2) is 7.30. The molecule has 3 heterocycles. The van der Waals surface area contributed by atoms with Crippen molar-refractivity contribution >= 4 is 11.2 Å². The summed E-state index contributed by atoms with van der Waals surface area (Å²) >= 11 is 0. The van der Waals surface area contributed by atoms with E-state index in [0.717, 1.165) is 25.8 Å². The first-order valence-corrected chi connectivity index (χ1v) is 9.26. The maximum Gasteiger partial charge on any atom is 0.350 e. The topological polar surface area (TPSA) is 51.3 Å². The van der Waals surface area contributed by atoms with Crippen LogP contribution >= 0.6 is 0 Å². The molecule has 0 fully saturated rings. The molecule has 5 nitrogen and oxygen atoms in total. The summed E-state index contributed by atoms with van der Waals surface area (Å²) < 4.78 is 3.16. The van der Waals surface area contributed by atoms with E-state index in [4.69, 9.17) is 0 Å². The van der Waals surface area contributed by atoms with Crippen LogP contribution in [-0.4, -0.2) is 26.8 Å². The van der Waals surface area contributed by atoms with E-state index in [1.807, 2.05) is 18.2 Å². The molecular formula is C21H24N4O. The molecule has 0 amide bonds. The highest BCUT2D eigenvalue weighted by molar-refractivity contribution is 5.67. The van der Waals surface area contributed by atoms with Crippen molar-refractivity contribution in [1.82, 2.24) is 19.5 Å². The van der Waals surface area contributed by atoms with Crippen molar-refractivity contribution in [2.45, 2.75) is 38.8 Å². The van der Waals surface area contributed by atoms with E-state index >= 15 is 0 Å². The van der Waals surface area contributed by atoms with Crippen molar-refractivity contribution in [2.24, 2.45) is 0 Å². The first-order chi connectivity index (χ1) is 12.7. The Hall–Kier alpha value is -2.66. The molecule has 134 valence electrons. The van der Waals surface area contributed by atoms with Crippen LogP contribution in [0.2, 0.25) is 0 Å². The Morgan fingerprint density at radius 1 is 1.19 bits per heavy atom. The van der Waals surface area contributed by atoms with E-state index in [2.05, 4.69) is 47.7 Å². The minimum Gasteiger partial charge on any atom is -0.310 e. The Bertz CT molecular complexity index is 981. The van der Waals surface area contributed by atoms with E-state index < -0.39 is 0 Å². The number of nitrogens with zero attached hydrogens (tertiary/aromatic N) is 3. The largest absolute Gasteiger partial charge is 0.350 e. The Balaban J connectivity index is 1.41. The van der Waals surface area contributed by atoms with Crippen LogP contribution in [0.25, 0.3) is 11.2 Å². The molecule has 1 aliphatic rings. The number of nitrogens with one attached hydrogen (secondary N) is 1. The molecule has 1 aromatic carbocycles. The summed E-state index contributed by atoms with van der Waals surface area (Å²) in [6, 6.07) is 14.7. The molecule has 0 aliphatic carbocycles. The number of benzene rings is 1. The van der Waals surface area contributed by atoms with Crippen molar-refractivity contribution in [2.75, 3.05) is 6.54 Å². The molecule has 5 heteroatoms. The second-order valence-electron chi connectivity index (χ2n) is 6.95. The lowest BCUT2D eigenvalue weighted by atomic mass is 9.95. The highest BCUT2D eigenvalue weighted by atomic mass is 16.2. The number of pyridine rings is 1. The maximum atomic E-state index is 12.3. The van der Waals surface area contributed by atoms with Crippen LogP contribution < -0.4 is 11.0 Å². The molecule has 1 aliphatic heterocycles. The summed E-state index contributed by atoms with van der Waals surface area (Å²) in [5.41, 5.74) is 4.66. The molecule has 4 rings (SSSR count). The van der Waals surface area contributed by atoms with Crippen LogP contribution in [0.1, 0.15) is 30.4 Å². The molecule has 1 N–H and O–H groups in total.